The molecule has 0 radical (unpaired) electrons. The van der Waals surface area contributed by atoms with E-state index in [-0.39, 0.29) is 12.2 Å². The van der Waals surface area contributed by atoms with E-state index in [0.717, 1.165) is 25.1 Å². The van der Waals surface area contributed by atoms with Gasteiger partial charge in [0.15, 0.2) is 0 Å². The van der Waals surface area contributed by atoms with Crippen molar-refractivity contribution in [3.8, 4) is 17.5 Å². The maximum Gasteiger partial charge on any atom is 0.417 e. The molecule has 1 saturated heterocycles. The number of urea groups is 1. The second-order valence-electron chi connectivity index (χ2n) is 8.83. The lowest BCUT2D eigenvalue weighted by Gasteiger charge is -2.27. The number of carbonyl (C=O) groups excluding carboxylic acids is 2. The lowest BCUT2D eigenvalue weighted by Crippen LogP contribution is -2.43. The standard InChI is InChI=1S/C24H22F3N7O2/c1-4-9-32-14-20(30-31-32)19-8-5-15(12-29-19)13-33-22(36)34(21(35)23(33,2)3)17-7-6-16(11-28)18(10-17)24(25,26)27/h5-8,10,12,14H,4,9,13H2,1-3H3. The van der Waals surface area contributed by atoms with Crippen molar-refractivity contribution in [1.29, 1.82) is 5.26 Å². The van der Waals surface area contributed by atoms with E-state index in [2.05, 4.69) is 15.3 Å². The van der Waals surface area contributed by atoms with E-state index in [4.69, 9.17) is 5.26 Å². The van der Waals surface area contributed by atoms with Crippen molar-refractivity contribution in [2.45, 2.75) is 52.0 Å². The van der Waals surface area contributed by atoms with Gasteiger partial charge in [0.05, 0.1) is 41.3 Å². The Kier molecular flexibility index (Phi) is 6.26. The Morgan fingerprint density at radius 1 is 1.11 bits per heavy atom. The fraction of sp³-hybridized carbons (Fsp3) is 0.333. The number of nitrogens with zero attached hydrogens (tertiary/aromatic N) is 7. The Morgan fingerprint density at radius 3 is 2.47 bits per heavy atom. The Bertz CT molecular complexity index is 1360. The van der Waals surface area contributed by atoms with E-state index < -0.39 is 34.8 Å². The number of halogens is 3. The summed E-state index contributed by atoms with van der Waals surface area (Å²) in [7, 11) is 0. The SMILES string of the molecule is CCCn1cc(-c2ccc(CN3C(=O)N(c4ccc(C#N)c(C(F)(F)F)c4)C(=O)C3(C)C)cn2)nn1. The van der Waals surface area contributed by atoms with Gasteiger partial charge in [-0.1, -0.05) is 18.2 Å². The zero-order chi connectivity index (χ0) is 26.3. The molecule has 0 bridgehead atoms. The van der Waals surface area contributed by atoms with Gasteiger partial charge in [0.25, 0.3) is 5.91 Å². The first-order valence-electron chi connectivity index (χ1n) is 11.1. The molecule has 0 unspecified atom stereocenters. The minimum Gasteiger partial charge on any atom is -0.305 e. The van der Waals surface area contributed by atoms with Crippen LogP contribution in [-0.2, 0) is 24.1 Å². The van der Waals surface area contributed by atoms with E-state index in [1.54, 1.807) is 29.2 Å². The number of rotatable bonds is 6. The number of aromatic nitrogens is 4. The first-order valence-corrected chi connectivity index (χ1v) is 11.1. The average Bonchev–Trinajstić information content (AvgIpc) is 3.36. The van der Waals surface area contributed by atoms with Gasteiger partial charge in [0.2, 0.25) is 0 Å². The van der Waals surface area contributed by atoms with Crippen molar-refractivity contribution in [1.82, 2.24) is 24.9 Å². The van der Waals surface area contributed by atoms with Gasteiger partial charge in [-0.25, -0.2) is 9.69 Å². The van der Waals surface area contributed by atoms with Crippen LogP contribution in [-0.4, -0.2) is 42.4 Å². The van der Waals surface area contributed by atoms with Crippen LogP contribution in [0.4, 0.5) is 23.7 Å². The molecule has 186 valence electrons. The number of anilines is 1. The Morgan fingerprint density at radius 2 is 1.86 bits per heavy atom. The summed E-state index contributed by atoms with van der Waals surface area (Å²) in [5.41, 5.74) is -1.59. The molecule has 1 fully saturated rings. The number of hydrogen-bond acceptors (Lipinski definition) is 6. The molecule has 9 nitrogen and oxygen atoms in total. The van der Waals surface area contributed by atoms with Crippen molar-refractivity contribution in [2.24, 2.45) is 0 Å². The molecule has 2 aromatic heterocycles. The first-order chi connectivity index (χ1) is 17.0. The lowest BCUT2D eigenvalue weighted by molar-refractivity contribution is -0.137. The molecule has 0 saturated carbocycles. The molecule has 3 heterocycles. The Labute approximate surface area is 204 Å². The predicted octanol–water partition coefficient (Wildman–Crippen LogP) is 4.39. The summed E-state index contributed by atoms with van der Waals surface area (Å²) in [4.78, 5) is 32.7. The summed E-state index contributed by atoms with van der Waals surface area (Å²) in [6.07, 6.45) is -0.585. The van der Waals surface area contributed by atoms with E-state index in [9.17, 15) is 22.8 Å². The highest BCUT2D eigenvalue weighted by atomic mass is 19.4. The smallest absolute Gasteiger partial charge is 0.305 e. The number of alkyl halides is 3. The molecule has 3 aromatic rings. The van der Waals surface area contributed by atoms with E-state index in [1.807, 2.05) is 6.92 Å². The van der Waals surface area contributed by atoms with Crippen molar-refractivity contribution >= 4 is 17.6 Å². The van der Waals surface area contributed by atoms with Gasteiger partial charge in [0, 0.05) is 12.7 Å². The van der Waals surface area contributed by atoms with E-state index >= 15 is 0 Å². The Balaban J connectivity index is 1.60. The average molecular weight is 497 g/mol. The Hall–Kier alpha value is -4.27. The van der Waals surface area contributed by atoms with Crippen LogP contribution in [0.1, 0.15) is 43.9 Å². The third-order valence-corrected chi connectivity index (χ3v) is 5.93. The summed E-state index contributed by atoms with van der Waals surface area (Å²) in [5.74, 6) is -0.678. The fourth-order valence-electron chi connectivity index (χ4n) is 3.94. The highest BCUT2D eigenvalue weighted by molar-refractivity contribution is 6.23. The number of amides is 3. The minimum atomic E-state index is -4.82. The molecule has 0 spiro atoms. The molecular formula is C24H22F3N7O2. The van der Waals surface area contributed by atoms with Crippen LogP contribution in [0, 0.1) is 11.3 Å². The summed E-state index contributed by atoms with van der Waals surface area (Å²) in [6.45, 7) is 5.81. The molecule has 1 aliphatic heterocycles. The van der Waals surface area contributed by atoms with Crippen LogP contribution >= 0.6 is 0 Å². The topological polar surface area (TPSA) is 108 Å². The van der Waals surface area contributed by atoms with Gasteiger partial charge in [-0.05, 0) is 50.1 Å². The molecule has 1 aliphatic rings. The summed E-state index contributed by atoms with van der Waals surface area (Å²) in [6, 6.07) is 6.94. The molecule has 0 N–H and O–H groups in total. The van der Waals surface area contributed by atoms with Crippen LogP contribution in [0.25, 0.3) is 11.4 Å². The summed E-state index contributed by atoms with van der Waals surface area (Å²) >= 11 is 0. The van der Waals surface area contributed by atoms with Crippen molar-refractivity contribution < 1.29 is 22.8 Å². The number of pyridine rings is 1. The fourth-order valence-corrected chi connectivity index (χ4v) is 3.94. The quantitative estimate of drug-likeness (QED) is 0.468. The van der Waals surface area contributed by atoms with Gasteiger partial charge < -0.3 is 4.90 Å². The normalized spacial score (nSPS) is 15.5. The number of imide groups is 1. The first kappa shape index (κ1) is 24.8. The van der Waals surface area contributed by atoms with Crippen LogP contribution in [0.15, 0.2) is 42.7 Å². The third-order valence-electron chi connectivity index (χ3n) is 5.93. The van der Waals surface area contributed by atoms with Crippen LogP contribution in [0.3, 0.4) is 0 Å². The molecule has 36 heavy (non-hydrogen) atoms. The number of benzene rings is 1. The molecular weight excluding hydrogens is 475 g/mol. The lowest BCUT2D eigenvalue weighted by atomic mass is 10.0. The summed E-state index contributed by atoms with van der Waals surface area (Å²) < 4.78 is 42.0. The third kappa shape index (κ3) is 4.39. The van der Waals surface area contributed by atoms with Crippen LogP contribution in [0.2, 0.25) is 0 Å². The van der Waals surface area contributed by atoms with Crippen molar-refractivity contribution in [3.05, 3.63) is 59.4 Å². The van der Waals surface area contributed by atoms with E-state index in [0.29, 0.717) is 27.9 Å². The van der Waals surface area contributed by atoms with Gasteiger partial charge in [-0.3, -0.25) is 14.5 Å². The van der Waals surface area contributed by atoms with Crippen molar-refractivity contribution in [2.75, 3.05) is 4.90 Å². The van der Waals surface area contributed by atoms with Gasteiger partial charge in [-0.2, -0.15) is 18.4 Å². The maximum atomic E-state index is 13.4. The molecule has 1 aromatic carbocycles. The highest BCUT2D eigenvalue weighted by Gasteiger charge is 2.52. The maximum absolute atomic E-state index is 13.4. The number of nitriles is 1. The molecule has 3 amide bonds. The zero-order valence-corrected chi connectivity index (χ0v) is 19.7. The van der Waals surface area contributed by atoms with Crippen molar-refractivity contribution in [3.63, 3.8) is 0 Å². The number of carbonyl (C=O) groups is 2. The predicted molar refractivity (Wildman–Crippen MR) is 122 cm³/mol. The van der Waals surface area contributed by atoms with Crippen LogP contribution < -0.4 is 4.90 Å². The minimum absolute atomic E-state index is 0.00624. The summed E-state index contributed by atoms with van der Waals surface area (Å²) in [5, 5.41) is 17.2. The van der Waals surface area contributed by atoms with Gasteiger partial charge in [-0.15, -0.1) is 5.10 Å². The molecule has 0 atom stereocenters. The second-order valence-corrected chi connectivity index (χ2v) is 8.83. The monoisotopic (exact) mass is 497 g/mol. The largest absolute Gasteiger partial charge is 0.417 e. The zero-order valence-electron chi connectivity index (χ0n) is 19.7. The molecule has 0 aliphatic carbocycles. The molecule has 12 heteroatoms. The van der Waals surface area contributed by atoms with Gasteiger partial charge >= 0.3 is 12.2 Å². The number of aryl methyl sites for hydroxylation is 1. The highest BCUT2D eigenvalue weighted by Crippen LogP contribution is 2.38. The van der Waals surface area contributed by atoms with Gasteiger partial charge in [0.1, 0.15) is 11.2 Å². The van der Waals surface area contributed by atoms with Crippen LogP contribution in [0.5, 0.6) is 0 Å². The number of hydrogen-bond donors (Lipinski definition) is 0. The van der Waals surface area contributed by atoms with E-state index in [1.165, 1.54) is 24.8 Å². The molecule has 4 rings (SSSR count). The second kappa shape index (κ2) is 9.07.